The lowest BCUT2D eigenvalue weighted by Gasteiger charge is -2.26. The van der Waals surface area contributed by atoms with Crippen LogP contribution >= 0.6 is 0 Å². The van der Waals surface area contributed by atoms with Crippen molar-refractivity contribution in [2.24, 2.45) is 11.7 Å². The van der Waals surface area contributed by atoms with E-state index in [2.05, 4.69) is 5.32 Å². The molecule has 0 aliphatic carbocycles. The van der Waals surface area contributed by atoms with E-state index in [0.29, 0.717) is 0 Å². The van der Waals surface area contributed by atoms with E-state index in [1.165, 1.54) is 4.90 Å². The van der Waals surface area contributed by atoms with Crippen LogP contribution in [-0.2, 0) is 9.59 Å². The molecule has 0 aromatic heterocycles. The van der Waals surface area contributed by atoms with Gasteiger partial charge in [-0.15, -0.1) is 0 Å². The summed E-state index contributed by atoms with van der Waals surface area (Å²) in [5.41, 5.74) is 5.66. The van der Waals surface area contributed by atoms with Crippen molar-refractivity contribution in [1.29, 1.82) is 0 Å². The SMILES string of the molecule is CC(C)[C@H](N)C(=O)NCC(=O)N(CCO)C(C)C. The van der Waals surface area contributed by atoms with E-state index in [9.17, 15) is 9.59 Å². The van der Waals surface area contributed by atoms with Crippen LogP contribution in [0.5, 0.6) is 0 Å². The van der Waals surface area contributed by atoms with Crippen LogP contribution in [0.1, 0.15) is 27.7 Å². The summed E-state index contributed by atoms with van der Waals surface area (Å²) in [5.74, 6) is -0.520. The lowest BCUT2D eigenvalue weighted by atomic mass is 10.1. The van der Waals surface area contributed by atoms with Gasteiger partial charge in [-0.25, -0.2) is 0 Å². The maximum Gasteiger partial charge on any atom is 0.242 e. The number of aliphatic hydroxyl groups excluding tert-OH is 1. The minimum Gasteiger partial charge on any atom is -0.395 e. The first-order chi connectivity index (χ1) is 8.31. The van der Waals surface area contributed by atoms with E-state index in [0.717, 1.165) is 0 Å². The van der Waals surface area contributed by atoms with Crippen LogP contribution < -0.4 is 11.1 Å². The molecule has 0 unspecified atom stereocenters. The predicted molar refractivity (Wildman–Crippen MR) is 69.8 cm³/mol. The maximum atomic E-state index is 11.8. The smallest absolute Gasteiger partial charge is 0.242 e. The zero-order valence-corrected chi connectivity index (χ0v) is 11.6. The highest BCUT2D eigenvalue weighted by molar-refractivity contribution is 5.87. The van der Waals surface area contributed by atoms with Crippen LogP contribution in [0.25, 0.3) is 0 Å². The second-order valence-electron chi connectivity index (χ2n) is 4.89. The molecule has 0 spiro atoms. The van der Waals surface area contributed by atoms with Gasteiger partial charge < -0.3 is 21.1 Å². The first-order valence-corrected chi connectivity index (χ1v) is 6.24. The quantitative estimate of drug-likeness (QED) is 0.564. The molecule has 0 fully saturated rings. The number of carbonyl (C=O) groups excluding carboxylic acids is 2. The summed E-state index contributed by atoms with van der Waals surface area (Å²) < 4.78 is 0. The number of carbonyl (C=O) groups is 2. The minimum absolute atomic E-state index is 0.0136. The third-order valence-corrected chi connectivity index (χ3v) is 2.72. The Morgan fingerprint density at radius 3 is 2.22 bits per heavy atom. The number of hydrogen-bond acceptors (Lipinski definition) is 4. The highest BCUT2D eigenvalue weighted by atomic mass is 16.3. The van der Waals surface area contributed by atoms with Crippen molar-refractivity contribution < 1.29 is 14.7 Å². The minimum atomic E-state index is -0.608. The molecule has 0 bridgehead atoms. The molecule has 0 aromatic carbocycles. The van der Waals surface area contributed by atoms with Crippen LogP contribution in [0.3, 0.4) is 0 Å². The Morgan fingerprint density at radius 1 is 1.28 bits per heavy atom. The van der Waals surface area contributed by atoms with E-state index >= 15 is 0 Å². The Morgan fingerprint density at radius 2 is 1.83 bits per heavy atom. The maximum absolute atomic E-state index is 11.8. The van der Waals surface area contributed by atoms with Gasteiger partial charge in [-0.2, -0.15) is 0 Å². The van der Waals surface area contributed by atoms with E-state index in [4.69, 9.17) is 10.8 Å². The average Bonchev–Trinajstić information content (AvgIpc) is 2.30. The summed E-state index contributed by atoms with van der Waals surface area (Å²) in [5, 5.41) is 11.4. The molecule has 6 nitrogen and oxygen atoms in total. The van der Waals surface area contributed by atoms with E-state index in [1.54, 1.807) is 0 Å². The molecule has 0 heterocycles. The van der Waals surface area contributed by atoms with Crippen molar-refractivity contribution >= 4 is 11.8 Å². The van der Waals surface area contributed by atoms with Gasteiger partial charge in [0.15, 0.2) is 0 Å². The van der Waals surface area contributed by atoms with Gasteiger partial charge in [0.1, 0.15) is 0 Å². The molecule has 0 aliphatic rings. The first-order valence-electron chi connectivity index (χ1n) is 6.24. The van der Waals surface area contributed by atoms with Gasteiger partial charge >= 0.3 is 0 Å². The van der Waals surface area contributed by atoms with Gasteiger partial charge in [0.2, 0.25) is 11.8 Å². The van der Waals surface area contributed by atoms with Gasteiger partial charge in [-0.05, 0) is 19.8 Å². The highest BCUT2D eigenvalue weighted by Gasteiger charge is 2.20. The summed E-state index contributed by atoms with van der Waals surface area (Å²) in [6.45, 7) is 7.49. The standard InChI is InChI=1S/C12H25N3O3/c1-8(2)11(13)12(18)14-7-10(17)15(5-6-16)9(3)4/h8-9,11,16H,5-7,13H2,1-4H3,(H,14,18)/t11-/m0/s1. The number of nitrogens with one attached hydrogen (secondary N) is 1. The third kappa shape index (κ3) is 5.46. The molecule has 4 N–H and O–H groups in total. The normalized spacial score (nSPS) is 12.7. The third-order valence-electron chi connectivity index (χ3n) is 2.72. The fourth-order valence-corrected chi connectivity index (χ4v) is 1.46. The number of rotatable bonds is 7. The molecule has 0 aromatic rings. The van der Waals surface area contributed by atoms with Crippen molar-refractivity contribution in [3.05, 3.63) is 0 Å². The molecule has 0 saturated heterocycles. The molecule has 1 atom stereocenters. The van der Waals surface area contributed by atoms with Gasteiger partial charge in [-0.3, -0.25) is 9.59 Å². The van der Waals surface area contributed by atoms with Crippen molar-refractivity contribution in [3.63, 3.8) is 0 Å². The summed E-state index contributed by atoms with van der Waals surface area (Å²) in [6.07, 6.45) is 0. The zero-order valence-electron chi connectivity index (χ0n) is 11.6. The molecular weight excluding hydrogens is 234 g/mol. The summed E-state index contributed by atoms with van der Waals surface area (Å²) in [6, 6.07) is -0.622. The second-order valence-corrected chi connectivity index (χ2v) is 4.89. The molecule has 0 saturated carbocycles. The zero-order chi connectivity index (χ0) is 14.3. The Hall–Kier alpha value is -1.14. The number of nitrogens with two attached hydrogens (primary N) is 1. The van der Waals surface area contributed by atoms with Gasteiger partial charge in [0, 0.05) is 12.6 Å². The van der Waals surface area contributed by atoms with Gasteiger partial charge in [-0.1, -0.05) is 13.8 Å². The summed E-state index contributed by atoms with van der Waals surface area (Å²) in [4.78, 5) is 24.9. The topological polar surface area (TPSA) is 95.7 Å². The fraction of sp³-hybridized carbons (Fsp3) is 0.833. The lowest BCUT2D eigenvalue weighted by molar-refractivity contribution is -0.135. The molecule has 106 valence electrons. The van der Waals surface area contributed by atoms with Crippen molar-refractivity contribution in [2.75, 3.05) is 19.7 Å². The molecule has 0 rings (SSSR count). The molecule has 2 amide bonds. The number of amides is 2. The van der Waals surface area contributed by atoms with Crippen LogP contribution in [-0.4, -0.2) is 53.6 Å². The van der Waals surface area contributed by atoms with Crippen molar-refractivity contribution in [3.8, 4) is 0 Å². The van der Waals surface area contributed by atoms with Crippen LogP contribution in [0.2, 0.25) is 0 Å². The van der Waals surface area contributed by atoms with Crippen LogP contribution in [0, 0.1) is 5.92 Å². The van der Waals surface area contributed by atoms with E-state index < -0.39 is 6.04 Å². The van der Waals surface area contributed by atoms with E-state index in [1.807, 2.05) is 27.7 Å². The fourth-order valence-electron chi connectivity index (χ4n) is 1.46. The predicted octanol–water partition coefficient (Wildman–Crippen LogP) is -0.685. The Balaban J connectivity index is 4.27. The Bertz CT molecular complexity index is 280. The first kappa shape index (κ1) is 16.9. The number of aliphatic hydroxyl groups is 1. The Kier molecular flexibility index (Phi) is 7.54. The molecule has 0 radical (unpaired) electrons. The summed E-state index contributed by atoms with van der Waals surface area (Å²) >= 11 is 0. The number of nitrogens with zero attached hydrogens (tertiary/aromatic N) is 1. The van der Waals surface area contributed by atoms with E-state index in [-0.39, 0.29) is 43.5 Å². The Labute approximate surface area is 109 Å². The van der Waals surface area contributed by atoms with Crippen LogP contribution in [0.15, 0.2) is 0 Å². The van der Waals surface area contributed by atoms with Crippen molar-refractivity contribution in [1.82, 2.24) is 10.2 Å². The van der Waals surface area contributed by atoms with Gasteiger partial charge in [0.05, 0.1) is 19.2 Å². The molecule has 18 heavy (non-hydrogen) atoms. The highest BCUT2D eigenvalue weighted by Crippen LogP contribution is 2.00. The lowest BCUT2D eigenvalue weighted by Crippen LogP contribution is -2.49. The number of hydrogen-bond donors (Lipinski definition) is 3. The molecule has 6 heteroatoms. The second kappa shape index (κ2) is 8.05. The molecule has 0 aliphatic heterocycles. The largest absolute Gasteiger partial charge is 0.395 e. The van der Waals surface area contributed by atoms with Gasteiger partial charge in [0.25, 0.3) is 0 Å². The van der Waals surface area contributed by atoms with Crippen LogP contribution in [0.4, 0.5) is 0 Å². The molecular formula is C12H25N3O3. The summed E-state index contributed by atoms with van der Waals surface area (Å²) in [7, 11) is 0. The monoisotopic (exact) mass is 259 g/mol. The van der Waals surface area contributed by atoms with Crippen molar-refractivity contribution in [2.45, 2.75) is 39.8 Å². The average molecular weight is 259 g/mol.